The van der Waals surface area contributed by atoms with Crippen LogP contribution in [0.25, 0.3) is 0 Å². The second kappa shape index (κ2) is 17.5. The summed E-state index contributed by atoms with van der Waals surface area (Å²) in [5.74, 6) is -0.904. The van der Waals surface area contributed by atoms with Gasteiger partial charge in [-0.1, -0.05) is 90.9 Å². The Morgan fingerprint density at radius 1 is 0.808 bits per heavy atom. The average Bonchev–Trinajstić information content (AvgIpc) is 2.63. The highest BCUT2D eigenvalue weighted by Gasteiger charge is 2.18. The van der Waals surface area contributed by atoms with Crippen LogP contribution in [0.5, 0.6) is 0 Å². The van der Waals surface area contributed by atoms with Crippen molar-refractivity contribution in [2.24, 2.45) is 5.92 Å². The van der Waals surface area contributed by atoms with Gasteiger partial charge in [0.25, 0.3) is 0 Å². The minimum absolute atomic E-state index is 0.180. The van der Waals surface area contributed by atoms with E-state index in [4.69, 9.17) is 10.2 Å². The van der Waals surface area contributed by atoms with Crippen LogP contribution in [0.4, 0.5) is 0 Å². The molecule has 5 heteroatoms. The first kappa shape index (κ1) is 25.1. The van der Waals surface area contributed by atoms with Crippen LogP contribution in [0.1, 0.15) is 104 Å². The molecule has 0 aromatic heterocycles. The van der Waals surface area contributed by atoms with Crippen LogP contribution in [-0.4, -0.2) is 34.9 Å². The number of aliphatic hydroxyl groups excluding tert-OH is 2. The molecule has 5 nitrogen and oxygen atoms in total. The van der Waals surface area contributed by atoms with Gasteiger partial charge in [0.05, 0.1) is 6.61 Å². The van der Waals surface area contributed by atoms with Gasteiger partial charge in [-0.2, -0.15) is 0 Å². The Hall–Kier alpha value is -0.940. The molecule has 0 heterocycles. The van der Waals surface area contributed by atoms with E-state index < -0.39 is 24.6 Å². The summed E-state index contributed by atoms with van der Waals surface area (Å²) < 4.78 is 4.47. The first-order valence-electron chi connectivity index (χ1n) is 10.6. The van der Waals surface area contributed by atoms with Crippen molar-refractivity contribution in [1.82, 2.24) is 0 Å². The van der Waals surface area contributed by atoms with Gasteiger partial charge in [-0.25, -0.2) is 4.79 Å². The molecule has 2 N–H and O–H groups in total. The molecular weight excluding hydrogens is 332 g/mol. The lowest BCUT2D eigenvalue weighted by atomic mass is 9.91. The zero-order chi connectivity index (χ0) is 19.6. The first-order valence-corrected chi connectivity index (χ1v) is 10.6. The quantitative estimate of drug-likeness (QED) is 0.223. The van der Waals surface area contributed by atoms with Crippen LogP contribution in [0.15, 0.2) is 0 Å². The predicted octanol–water partition coefficient (Wildman–Crippen LogP) is 4.53. The highest BCUT2D eigenvalue weighted by atomic mass is 16.6. The molecule has 0 rings (SSSR count). The zero-order valence-corrected chi connectivity index (χ0v) is 16.9. The van der Waals surface area contributed by atoms with Crippen LogP contribution in [-0.2, 0) is 14.3 Å². The van der Waals surface area contributed by atoms with E-state index in [0.29, 0.717) is 6.42 Å². The van der Waals surface area contributed by atoms with Gasteiger partial charge in [-0.3, -0.25) is 4.79 Å². The van der Waals surface area contributed by atoms with Crippen LogP contribution < -0.4 is 0 Å². The lowest BCUT2D eigenvalue weighted by Crippen LogP contribution is -2.28. The monoisotopic (exact) mass is 372 g/mol. The molecule has 0 bridgehead atoms. The van der Waals surface area contributed by atoms with Crippen molar-refractivity contribution in [2.75, 3.05) is 6.61 Å². The first-order chi connectivity index (χ1) is 12.5. The Kier molecular flexibility index (Phi) is 16.8. The van der Waals surface area contributed by atoms with Crippen LogP contribution >= 0.6 is 0 Å². The molecule has 0 aromatic rings. The predicted molar refractivity (Wildman–Crippen MR) is 104 cm³/mol. The second-order valence-corrected chi connectivity index (χ2v) is 7.30. The van der Waals surface area contributed by atoms with Crippen molar-refractivity contribution in [1.29, 1.82) is 0 Å². The standard InChI is InChI=1S/C21H40O5/c1-3-5-6-7-8-10-14-18(13-4-2)15-11-9-12-16-20(24)26-21(25)19(23)17-22/h18-19,22-23H,3-17H2,1-2H3. The summed E-state index contributed by atoms with van der Waals surface area (Å²) in [4.78, 5) is 22.7. The molecular formula is C21H40O5. The summed E-state index contributed by atoms with van der Waals surface area (Å²) in [5, 5.41) is 17.7. The number of ether oxygens (including phenoxy) is 1. The Morgan fingerprint density at radius 3 is 1.96 bits per heavy atom. The summed E-state index contributed by atoms with van der Waals surface area (Å²) in [6.45, 7) is 3.75. The summed E-state index contributed by atoms with van der Waals surface area (Å²) in [7, 11) is 0. The smallest absolute Gasteiger partial charge is 0.345 e. The number of unbranched alkanes of at least 4 members (excludes halogenated alkanes) is 7. The fourth-order valence-corrected chi connectivity index (χ4v) is 3.24. The Balaban J connectivity index is 3.75. The van der Waals surface area contributed by atoms with Gasteiger partial charge >= 0.3 is 11.9 Å². The van der Waals surface area contributed by atoms with Gasteiger partial charge in [-0.05, 0) is 12.3 Å². The Bertz CT molecular complexity index is 356. The van der Waals surface area contributed by atoms with Crippen molar-refractivity contribution in [2.45, 2.75) is 110 Å². The maximum absolute atomic E-state index is 11.5. The van der Waals surface area contributed by atoms with Gasteiger partial charge < -0.3 is 14.9 Å². The van der Waals surface area contributed by atoms with Gasteiger partial charge in [-0.15, -0.1) is 0 Å². The van der Waals surface area contributed by atoms with Gasteiger partial charge in [0.15, 0.2) is 6.10 Å². The third-order valence-electron chi connectivity index (χ3n) is 4.82. The third kappa shape index (κ3) is 14.3. The number of carbonyl (C=O) groups excluding carboxylic acids is 2. The van der Waals surface area contributed by atoms with Crippen molar-refractivity contribution in [3.63, 3.8) is 0 Å². The summed E-state index contributed by atoms with van der Waals surface area (Å²) in [5.41, 5.74) is 0. The molecule has 2 atom stereocenters. The number of hydrogen-bond donors (Lipinski definition) is 2. The largest absolute Gasteiger partial charge is 0.393 e. The average molecular weight is 373 g/mol. The minimum atomic E-state index is -1.63. The summed E-state index contributed by atoms with van der Waals surface area (Å²) in [6.07, 6.45) is 14.4. The lowest BCUT2D eigenvalue weighted by molar-refractivity contribution is -0.167. The number of aliphatic hydroxyl groups is 2. The van der Waals surface area contributed by atoms with Gasteiger partial charge in [0.1, 0.15) is 0 Å². The maximum atomic E-state index is 11.5. The van der Waals surface area contributed by atoms with Crippen molar-refractivity contribution < 1.29 is 24.5 Å². The molecule has 0 fully saturated rings. The molecule has 2 unspecified atom stereocenters. The van der Waals surface area contributed by atoms with E-state index in [2.05, 4.69) is 18.6 Å². The van der Waals surface area contributed by atoms with Crippen LogP contribution in [0.2, 0.25) is 0 Å². The molecule has 0 aliphatic rings. The van der Waals surface area contributed by atoms with E-state index in [1.165, 1.54) is 64.2 Å². The SMILES string of the molecule is CCCCCCCCC(CCC)CCCCCC(=O)OC(=O)C(O)CO. The van der Waals surface area contributed by atoms with Crippen molar-refractivity contribution >= 4 is 11.9 Å². The van der Waals surface area contributed by atoms with Crippen molar-refractivity contribution in [3.8, 4) is 0 Å². The van der Waals surface area contributed by atoms with Crippen LogP contribution in [0, 0.1) is 5.92 Å². The van der Waals surface area contributed by atoms with E-state index in [-0.39, 0.29) is 6.42 Å². The van der Waals surface area contributed by atoms with E-state index in [1.807, 2.05) is 0 Å². The van der Waals surface area contributed by atoms with Gasteiger partial charge in [0, 0.05) is 6.42 Å². The highest BCUT2D eigenvalue weighted by molar-refractivity contribution is 5.87. The van der Waals surface area contributed by atoms with E-state index in [9.17, 15) is 9.59 Å². The topological polar surface area (TPSA) is 83.8 Å². The molecule has 0 spiro atoms. The van der Waals surface area contributed by atoms with E-state index in [0.717, 1.165) is 18.8 Å². The maximum Gasteiger partial charge on any atom is 0.345 e. The Morgan fingerprint density at radius 2 is 1.38 bits per heavy atom. The molecule has 0 radical (unpaired) electrons. The van der Waals surface area contributed by atoms with Gasteiger partial charge in [0.2, 0.25) is 0 Å². The summed E-state index contributed by atoms with van der Waals surface area (Å²) >= 11 is 0. The highest BCUT2D eigenvalue weighted by Crippen LogP contribution is 2.23. The molecule has 154 valence electrons. The van der Waals surface area contributed by atoms with E-state index >= 15 is 0 Å². The third-order valence-corrected chi connectivity index (χ3v) is 4.82. The lowest BCUT2D eigenvalue weighted by Gasteiger charge is -2.16. The molecule has 0 saturated heterocycles. The fourth-order valence-electron chi connectivity index (χ4n) is 3.24. The number of rotatable bonds is 17. The number of esters is 2. The Labute approximate surface area is 159 Å². The number of hydrogen-bond acceptors (Lipinski definition) is 5. The molecule has 0 aliphatic carbocycles. The minimum Gasteiger partial charge on any atom is -0.393 e. The van der Waals surface area contributed by atoms with Crippen molar-refractivity contribution in [3.05, 3.63) is 0 Å². The molecule has 26 heavy (non-hydrogen) atoms. The normalized spacial score (nSPS) is 13.4. The molecule has 0 aromatic carbocycles. The van der Waals surface area contributed by atoms with Crippen LogP contribution in [0.3, 0.4) is 0 Å². The fraction of sp³-hybridized carbons (Fsp3) is 0.905. The molecule has 0 aliphatic heterocycles. The van der Waals surface area contributed by atoms with E-state index in [1.54, 1.807) is 0 Å². The second-order valence-electron chi connectivity index (χ2n) is 7.30. The summed E-state index contributed by atoms with van der Waals surface area (Å²) in [6, 6.07) is 0. The molecule has 0 amide bonds. The number of carbonyl (C=O) groups is 2. The molecule has 0 saturated carbocycles. The zero-order valence-electron chi connectivity index (χ0n) is 16.9.